The fourth-order valence-electron chi connectivity index (χ4n) is 2.12. The Hall–Kier alpha value is -2.76. The summed E-state index contributed by atoms with van der Waals surface area (Å²) in [5, 5.41) is 19.3. The maximum atomic E-state index is 12.1. The van der Waals surface area contributed by atoms with Crippen LogP contribution in [0.2, 0.25) is 0 Å². The second-order valence-electron chi connectivity index (χ2n) is 4.14. The number of pyridine rings is 1. The number of benzene rings is 1. The summed E-state index contributed by atoms with van der Waals surface area (Å²) in [5.41, 5.74) is 0.846. The molecule has 0 fully saturated rings. The van der Waals surface area contributed by atoms with Crippen LogP contribution in [-0.2, 0) is 4.79 Å². The van der Waals surface area contributed by atoms with Gasteiger partial charge in [0.1, 0.15) is 5.69 Å². The zero-order valence-corrected chi connectivity index (χ0v) is 9.57. The number of carbonyl (C=O) groups is 2. The molecule has 1 atom stereocenters. The number of hydrogen-bond acceptors (Lipinski definition) is 4. The molecule has 0 saturated heterocycles. The summed E-state index contributed by atoms with van der Waals surface area (Å²) in [6.07, 6.45) is 1.54. The molecule has 1 aromatic heterocycles. The third-order valence-corrected chi connectivity index (χ3v) is 3.01. The van der Waals surface area contributed by atoms with Crippen LogP contribution in [0.3, 0.4) is 0 Å². The fraction of sp³-hybridized carbons (Fsp3) is 0.0769. The zero-order chi connectivity index (χ0) is 13.6. The molecule has 0 bridgehead atoms. The van der Waals surface area contributed by atoms with Crippen molar-refractivity contribution in [3.8, 4) is 0 Å². The Morgan fingerprint density at radius 3 is 2.79 bits per heavy atom. The second kappa shape index (κ2) is 3.88. The standard InChI is InChI=1S/C13H8N2O4/c16-11-7-4-3-6-2-1-5-14-9(6)10(7)15-12(17)8(11)13(18)19/h1-5,8H,(H,15,17)(H,18,19). The van der Waals surface area contributed by atoms with Crippen molar-refractivity contribution < 1.29 is 19.8 Å². The number of aliphatic hydroxyl groups excluding tert-OH is 1. The predicted molar refractivity (Wildman–Crippen MR) is 66.9 cm³/mol. The molecule has 0 saturated carbocycles. The van der Waals surface area contributed by atoms with E-state index in [9.17, 15) is 14.7 Å². The summed E-state index contributed by atoms with van der Waals surface area (Å²) in [5.74, 6) is -4.43. The molecule has 6 nitrogen and oxygen atoms in total. The molecule has 1 unspecified atom stereocenters. The number of rotatable bonds is 1. The molecule has 0 amide bonds. The number of carboxylic acid groups (broad SMARTS) is 1. The van der Waals surface area contributed by atoms with Gasteiger partial charge < -0.3 is 10.2 Å². The topological polar surface area (TPSA) is 99.8 Å². The molecule has 0 aliphatic carbocycles. The van der Waals surface area contributed by atoms with Crippen LogP contribution in [0.25, 0.3) is 10.9 Å². The second-order valence-corrected chi connectivity index (χ2v) is 4.14. The average Bonchev–Trinajstić information content (AvgIpc) is 2.38. The van der Waals surface area contributed by atoms with E-state index in [1.54, 1.807) is 24.4 Å². The number of Topliss-reactive ketones (excluding diaryl/α,β-unsaturated/α-hetero) is 1. The van der Waals surface area contributed by atoms with E-state index >= 15 is 0 Å². The molecular weight excluding hydrogens is 248 g/mol. The van der Waals surface area contributed by atoms with Crippen LogP contribution in [0.5, 0.6) is 0 Å². The van der Waals surface area contributed by atoms with Crippen molar-refractivity contribution in [1.82, 2.24) is 4.98 Å². The minimum atomic E-state index is -1.63. The SMILES string of the molecule is O=C(O)C1C(=O)c2ccc3cccnc3c2N=C1O. The van der Waals surface area contributed by atoms with Gasteiger partial charge in [-0.3, -0.25) is 14.6 Å². The number of aliphatic carboxylic acids is 1. The monoisotopic (exact) mass is 256 g/mol. The maximum absolute atomic E-state index is 12.1. The lowest BCUT2D eigenvalue weighted by Crippen LogP contribution is -2.34. The number of aliphatic hydroxyl groups is 1. The first-order chi connectivity index (χ1) is 9.09. The predicted octanol–water partition coefficient (Wildman–Crippen LogP) is 1.72. The largest absolute Gasteiger partial charge is 0.495 e. The van der Waals surface area contributed by atoms with Crippen molar-refractivity contribution in [1.29, 1.82) is 0 Å². The molecule has 2 aromatic rings. The molecule has 1 aliphatic rings. The van der Waals surface area contributed by atoms with Crippen LogP contribution in [0.15, 0.2) is 35.5 Å². The van der Waals surface area contributed by atoms with Crippen LogP contribution in [0, 0.1) is 5.92 Å². The van der Waals surface area contributed by atoms with Crippen molar-refractivity contribution >= 4 is 34.2 Å². The highest BCUT2D eigenvalue weighted by Crippen LogP contribution is 2.34. The lowest BCUT2D eigenvalue weighted by Gasteiger charge is -2.17. The Bertz CT molecular complexity index is 751. The van der Waals surface area contributed by atoms with Gasteiger partial charge >= 0.3 is 5.97 Å². The van der Waals surface area contributed by atoms with Crippen LogP contribution >= 0.6 is 0 Å². The number of fused-ring (bicyclic) bond motifs is 3. The molecule has 1 aromatic carbocycles. The number of carbonyl (C=O) groups excluding carboxylic acids is 1. The number of nitrogens with zero attached hydrogens (tertiary/aromatic N) is 2. The first-order valence-electron chi connectivity index (χ1n) is 5.52. The molecule has 19 heavy (non-hydrogen) atoms. The number of aliphatic imine (C=N–C) groups is 1. The Morgan fingerprint density at radius 2 is 2.05 bits per heavy atom. The summed E-state index contributed by atoms with van der Waals surface area (Å²) in [7, 11) is 0. The van der Waals surface area contributed by atoms with Crippen molar-refractivity contribution in [3.05, 3.63) is 36.0 Å². The van der Waals surface area contributed by atoms with E-state index in [-0.39, 0.29) is 11.3 Å². The Balaban J connectivity index is 2.33. The first-order valence-corrected chi connectivity index (χ1v) is 5.52. The van der Waals surface area contributed by atoms with Gasteiger partial charge in [0, 0.05) is 17.1 Å². The molecule has 1 aliphatic heterocycles. The van der Waals surface area contributed by atoms with Crippen molar-refractivity contribution in [3.63, 3.8) is 0 Å². The summed E-state index contributed by atoms with van der Waals surface area (Å²) in [6, 6.07) is 6.72. The van der Waals surface area contributed by atoms with E-state index in [0.717, 1.165) is 5.39 Å². The summed E-state index contributed by atoms with van der Waals surface area (Å²) in [4.78, 5) is 31.0. The minimum Gasteiger partial charge on any atom is -0.495 e. The van der Waals surface area contributed by atoms with Crippen molar-refractivity contribution in [2.45, 2.75) is 0 Å². The fourth-order valence-corrected chi connectivity index (χ4v) is 2.12. The number of ketones is 1. The van der Waals surface area contributed by atoms with Gasteiger partial charge in [0.05, 0.1) is 5.52 Å². The van der Waals surface area contributed by atoms with E-state index in [1.165, 1.54) is 6.07 Å². The van der Waals surface area contributed by atoms with Crippen LogP contribution in [-0.4, -0.2) is 32.8 Å². The molecule has 0 radical (unpaired) electrons. The van der Waals surface area contributed by atoms with Gasteiger partial charge in [0.2, 0.25) is 5.90 Å². The Morgan fingerprint density at radius 1 is 1.26 bits per heavy atom. The molecule has 2 N–H and O–H groups in total. The number of carboxylic acids is 1. The number of hydrogen-bond donors (Lipinski definition) is 2. The average molecular weight is 256 g/mol. The van der Waals surface area contributed by atoms with E-state index in [0.29, 0.717) is 5.52 Å². The molecule has 6 heteroatoms. The van der Waals surface area contributed by atoms with Gasteiger partial charge in [-0.25, -0.2) is 4.99 Å². The van der Waals surface area contributed by atoms with Gasteiger partial charge in [-0.2, -0.15) is 0 Å². The van der Waals surface area contributed by atoms with Gasteiger partial charge in [0.15, 0.2) is 11.7 Å². The van der Waals surface area contributed by atoms with Gasteiger partial charge in [-0.1, -0.05) is 12.1 Å². The Labute approximate surface area is 107 Å². The molecule has 3 rings (SSSR count). The quantitative estimate of drug-likeness (QED) is 0.756. The van der Waals surface area contributed by atoms with Crippen molar-refractivity contribution in [2.24, 2.45) is 10.9 Å². The van der Waals surface area contributed by atoms with Crippen molar-refractivity contribution in [2.75, 3.05) is 0 Å². The molecule has 2 heterocycles. The van der Waals surface area contributed by atoms with Gasteiger partial charge in [0.25, 0.3) is 0 Å². The first kappa shape index (κ1) is 11.3. The normalized spacial score (nSPS) is 18.0. The lowest BCUT2D eigenvalue weighted by molar-refractivity contribution is -0.138. The van der Waals surface area contributed by atoms with Gasteiger partial charge in [-0.15, -0.1) is 0 Å². The van der Waals surface area contributed by atoms with Crippen LogP contribution < -0.4 is 0 Å². The summed E-state index contributed by atoms with van der Waals surface area (Å²) < 4.78 is 0. The molecular formula is C13H8N2O4. The van der Waals surface area contributed by atoms with E-state index in [4.69, 9.17) is 5.11 Å². The maximum Gasteiger partial charge on any atom is 0.324 e. The summed E-state index contributed by atoms with van der Waals surface area (Å²) in [6.45, 7) is 0. The minimum absolute atomic E-state index is 0.163. The van der Waals surface area contributed by atoms with E-state index in [1.807, 2.05) is 0 Å². The third-order valence-electron chi connectivity index (χ3n) is 3.01. The summed E-state index contributed by atoms with van der Waals surface area (Å²) >= 11 is 0. The lowest BCUT2D eigenvalue weighted by atomic mass is 9.92. The van der Waals surface area contributed by atoms with Crippen LogP contribution in [0.4, 0.5) is 5.69 Å². The zero-order valence-electron chi connectivity index (χ0n) is 9.57. The highest BCUT2D eigenvalue weighted by Gasteiger charge is 2.38. The number of aromatic nitrogens is 1. The Kier molecular flexibility index (Phi) is 2.31. The van der Waals surface area contributed by atoms with Crippen LogP contribution in [0.1, 0.15) is 10.4 Å². The molecule has 0 spiro atoms. The van der Waals surface area contributed by atoms with Gasteiger partial charge in [-0.05, 0) is 12.1 Å². The highest BCUT2D eigenvalue weighted by molar-refractivity contribution is 6.26. The van der Waals surface area contributed by atoms with E-state index < -0.39 is 23.6 Å². The highest BCUT2D eigenvalue weighted by atomic mass is 16.4. The molecule has 94 valence electrons. The third kappa shape index (κ3) is 1.57. The smallest absolute Gasteiger partial charge is 0.324 e. The van der Waals surface area contributed by atoms with E-state index in [2.05, 4.69) is 9.98 Å².